The summed E-state index contributed by atoms with van der Waals surface area (Å²) in [5, 5.41) is 11.8. The molecular weight excluding hydrogens is 413 g/mol. The van der Waals surface area contributed by atoms with E-state index >= 15 is 0 Å². The zero-order chi connectivity index (χ0) is 21.8. The fraction of sp³-hybridized carbons (Fsp3) is 0.550. The molecule has 4 atom stereocenters. The minimum Gasteiger partial charge on any atom is -0.477 e. The van der Waals surface area contributed by atoms with Crippen LogP contribution in [-0.4, -0.2) is 51.2 Å². The first kappa shape index (κ1) is 20.0. The number of aromatic nitrogens is 4. The Morgan fingerprint density at radius 1 is 1.26 bits per heavy atom. The van der Waals surface area contributed by atoms with E-state index in [0.717, 1.165) is 44.4 Å². The third-order valence-electron chi connectivity index (χ3n) is 6.15. The molecular formula is C20H23F3N6O2. The molecule has 1 aliphatic heterocycles. The molecule has 166 valence electrons. The molecule has 2 aliphatic rings. The number of ether oxygens (including phenoxy) is 1. The van der Waals surface area contributed by atoms with Crippen molar-refractivity contribution in [1.82, 2.24) is 19.8 Å². The smallest absolute Gasteiger partial charge is 0.425 e. The molecule has 0 amide bonds. The Morgan fingerprint density at radius 2 is 2.00 bits per heavy atom. The van der Waals surface area contributed by atoms with Gasteiger partial charge in [0.05, 0.1) is 5.69 Å². The molecule has 5 rings (SSSR count). The van der Waals surface area contributed by atoms with Crippen molar-refractivity contribution in [3.8, 4) is 5.75 Å². The standard InChI is InChI=1S/C20H23F3N6O2/c1-11-8-16(31-27-11)28-9-13-5-6-14(10-28)17(13)24-19-25-18-15(4-3-7-29(18)26-19)30-12(2)20(21,22)23/h3-4,7-8,12-14,17H,5-6,9-10H2,1-2H3,(H,24,26)/t12-,13-,14+,17-/m1/s1. The minimum atomic E-state index is -4.46. The average molecular weight is 436 g/mol. The summed E-state index contributed by atoms with van der Waals surface area (Å²) in [6.07, 6.45) is -2.59. The van der Waals surface area contributed by atoms with Crippen molar-refractivity contribution >= 4 is 17.5 Å². The first-order valence-electron chi connectivity index (χ1n) is 10.3. The van der Waals surface area contributed by atoms with Crippen LogP contribution in [-0.2, 0) is 0 Å². The molecule has 31 heavy (non-hydrogen) atoms. The quantitative estimate of drug-likeness (QED) is 0.654. The second-order valence-electron chi connectivity index (χ2n) is 8.36. The van der Waals surface area contributed by atoms with E-state index in [-0.39, 0.29) is 17.4 Å². The highest BCUT2D eigenvalue weighted by molar-refractivity contribution is 5.56. The highest BCUT2D eigenvalue weighted by atomic mass is 19.4. The number of halogens is 3. The normalized spacial score (nSPS) is 24.5. The van der Waals surface area contributed by atoms with Crippen molar-refractivity contribution in [1.29, 1.82) is 0 Å². The molecule has 0 spiro atoms. The number of fused-ring (bicyclic) bond motifs is 3. The molecule has 1 aliphatic carbocycles. The first-order chi connectivity index (χ1) is 14.8. The average Bonchev–Trinajstić information content (AvgIpc) is 3.38. The van der Waals surface area contributed by atoms with Crippen LogP contribution < -0.4 is 15.0 Å². The maximum atomic E-state index is 12.9. The summed E-state index contributed by atoms with van der Waals surface area (Å²) in [5.41, 5.74) is 1.11. The predicted octanol–water partition coefficient (Wildman–Crippen LogP) is 3.68. The molecule has 1 saturated heterocycles. The summed E-state index contributed by atoms with van der Waals surface area (Å²) in [6, 6.07) is 5.19. The summed E-state index contributed by atoms with van der Waals surface area (Å²) in [6.45, 7) is 4.56. The maximum absolute atomic E-state index is 12.9. The van der Waals surface area contributed by atoms with Crippen LogP contribution in [0.25, 0.3) is 5.65 Å². The number of hydrogen-bond donors (Lipinski definition) is 1. The van der Waals surface area contributed by atoms with Crippen LogP contribution in [0.3, 0.4) is 0 Å². The molecule has 11 heteroatoms. The number of alkyl halides is 3. The van der Waals surface area contributed by atoms with E-state index in [4.69, 9.17) is 9.26 Å². The zero-order valence-electron chi connectivity index (χ0n) is 17.1. The van der Waals surface area contributed by atoms with Gasteiger partial charge in [-0.15, -0.1) is 5.10 Å². The molecule has 1 saturated carbocycles. The van der Waals surface area contributed by atoms with Crippen LogP contribution in [0.15, 0.2) is 28.9 Å². The molecule has 2 bridgehead atoms. The van der Waals surface area contributed by atoms with Crippen molar-refractivity contribution in [2.45, 2.75) is 45.0 Å². The number of rotatable bonds is 5. The van der Waals surface area contributed by atoms with Crippen molar-refractivity contribution in [3.63, 3.8) is 0 Å². The van der Waals surface area contributed by atoms with E-state index in [1.54, 1.807) is 12.3 Å². The zero-order valence-corrected chi connectivity index (χ0v) is 17.1. The Morgan fingerprint density at radius 3 is 2.65 bits per heavy atom. The Bertz CT molecular complexity index is 1070. The van der Waals surface area contributed by atoms with Gasteiger partial charge in [0, 0.05) is 31.4 Å². The lowest BCUT2D eigenvalue weighted by Crippen LogP contribution is -2.48. The van der Waals surface area contributed by atoms with E-state index in [1.165, 1.54) is 10.6 Å². The number of pyridine rings is 1. The molecule has 2 fully saturated rings. The first-order valence-corrected chi connectivity index (χ1v) is 10.3. The van der Waals surface area contributed by atoms with Gasteiger partial charge in [-0.2, -0.15) is 18.2 Å². The molecule has 0 aromatic carbocycles. The van der Waals surface area contributed by atoms with Crippen molar-refractivity contribution in [2.24, 2.45) is 11.8 Å². The van der Waals surface area contributed by atoms with Gasteiger partial charge in [-0.1, -0.05) is 5.16 Å². The van der Waals surface area contributed by atoms with E-state index < -0.39 is 12.3 Å². The van der Waals surface area contributed by atoms with Gasteiger partial charge < -0.3 is 19.5 Å². The number of hydrogen-bond acceptors (Lipinski definition) is 7. The second-order valence-corrected chi connectivity index (χ2v) is 8.36. The minimum absolute atomic E-state index is 0.0476. The van der Waals surface area contributed by atoms with Gasteiger partial charge in [-0.25, -0.2) is 4.52 Å². The Labute approximate surface area is 176 Å². The monoisotopic (exact) mass is 436 g/mol. The number of piperidine rings is 1. The Kier molecular flexibility index (Phi) is 4.71. The number of aryl methyl sites for hydroxylation is 1. The number of nitrogens with one attached hydrogen (secondary N) is 1. The molecule has 8 nitrogen and oxygen atoms in total. The summed E-state index contributed by atoms with van der Waals surface area (Å²) < 4.78 is 50.7. The van der Waals surface area contributed by atoms with Gasteiger partial charge in [0.25, 0.3) is 0 Å². The van der Waals surface area contributed by atoms with Gasteiger partial charge in [0.2, 0.25) is 11.8 Å². The number of nitrogens with zero attached hydrogens (tertiary/aromatic N) is 5. The molecule has 3 aromatic heterocycles. The summed E-state index contributed by atoms with van der Waals surface area (Å²) in [4.78, 5) is 6.65. The highest BCUT2D eigenvalue weighted by Gasteiger charge is 2.43. The van der Waals surface area contributed by atoms with Crippen LogP contribution in [0.1, 0.15) is 25.5 Å². The summed E-state index contributed by atoms with van der Waals surface area (Å²) in [7, 11) is 0. The lowest BCUT2D eigenvalue weighted by Gasteiger charge is -2.37. The molecule has 4 heterocycles. The van der Waals surface area contributed by atoms with E-state index in [9.17, 15) is 13.2 Å². The molecule has 0 radical (unpaired) electrons. The van der Waals surface area contributed by atoms with Crippen LogP contribution >= 0.6 is 0 Å². The van der Waals surface area contributed by atoms with Crippen LogP contribution in [0.5, 0.6) is 5.75 Å². The van der Waals surface area contributed by atoms with E-state index in [1.807, 2.05) is 13.0 Å². The fourth-order valence-corrected chi connectivity index (χ4v) is 4.58. The Balaban J connectivity index is 1.33. The van der Waals surface area contributed by atoms with Gasteiger partial charge >= 0.3 is 6.18 Å². The molecule has 0 unspecified atom stereocenters. The summed E-state index contributed by atoms with van der Waals surface area (Å²) >= 11 is 0. The van der Waals surface area contributed by atoms with Crippen LogP contribution in [0.4, 0.5) is 25.0 Å². The van der Waals surface area contributed by atoms with Gasteiger partial charge in [-0.3, -0.25) is 0 Å². The van der Waals surface area contributed by atoms with Gasteiger partial charge in [-0.05, 0) is 50.7 Å². The lowest BCUT2D eigenvalue weighted by atomic mass is 9.92. The summed E-state index contributed by atoms with van der Waals surface area (Å²) in [5.74, 6) is 2.00. The van der Waals surface area contributed by atoms with Crippen LogP contribution in [0.2, 0.25) is 0 Å². The Hall–Kier alpha value is -2.98. The van der Waals surface area contributed by atoms with Crippen molar-refractivity contribution in [3.05, 3.63) is 30.1 Å². The third-order valence-corrected chi connectivity index (χ3v) is 6.15. The molecule has 3 aromatic rings. The molecule has 1 N–H and O–H groups in total. The largest absolute Gasteiger partial charge is 0.477 e. The fourth-order valence-electron chi connectivity index (χ4n) is 4.58. The van der Waals surface area contributed by atoms with Crippen molar-refractivity contribution < 1.29 is 22.4 Å². The van der Waals surface area contributed by atoms with Gasteiger partial charge in [0.15, 0.2) is 17.5 Å². The van der Waals surface area contributed by atoms with E-state index in [2.05, 4.69) is 25.5 Å². The third kappa shape index (κ3) is 3.77. The van der Waals surface area contributed by atoms with E-state index in [0.29, 0.717) is 17.8 Å². The lowest BCUT2D eigenvalue weighted by molar-refractivity contribution is -0.189. The van der Waals surface area contributed by atoms with Crippen LogP contribution in [0, 0.1) is 18.8 Å². The topological polar surface area (TPSA) is 80.7 Å². The second kappa shape index (κ2) is 7.31. The van der Waals surface area contributed by atoms with Crippen molar-refractivity contribution in [2.75, 3.05) is 23.3 Å². The SMILES string of the molecule is Cc1cc(N2C[C@H]3CC[C@@H](C2)[C@@H]3Nc2nc3c(O[C@H](C)C(F)(F)F)cccn3n2)on1. The predicted molar refractivity (Wildman–Crippen MR) is 106 cm³/mol. The maximum Gasteiger partial charge on any atom is 0.425 e. The highest BCUT2D eigenvalue weighted by Crippen LogP contribution is 2.40. The van der Waals surface area contributed by atoms with Gasteiger partial charge in [0.1, 0.15) is 0 Å². The number of anilines is 2.